The summed E-state index contributed by atoms with van der Waals surface area (Å²) < 4.78 is 38.6. The molecule has 0 amide bonds. The molecule has 0 radical (unpaired) electrons. The SMILES string of the molecule is NC(=S)c1ccnnc1Nc1cc(C(F)(F)F)ccc1Br. The van der Waals surface area contributed by atoms with Crippen LogP contribution in [0, 0.1) is 0 Å². The van der Waals surface area contributed by atoms with Gasteiger partial charge < -0.3 is 11.1 Å². The van der Waals surface area contributed by atoms with Crippen LogP contribution in [0.5, 0.6) is 0 Å². The Hall–Kier alpha value is -1.74. The van der Waals surface area contributed by atoms with E-state index in [1.165, 1.54) is 18.3 Å². The predicted octanol–water partition coefficient (Wildman–Crippen LogP) is 3.64. The van der Waals surface area contributed by atoms with Crippen LogP contribution in [-0.2, 0) is 6.18 Å². The van der Waals surface area contributed by atoms with Crippen LogP contribution < -0.4 is 11.1 Å². The van der Waals surface area contributed by atoms with Crippen LogP contribution in [0.4, 0.5) is 24.7 Å². The van der Waals surface area contributed by atoms with Crippen LogP contribution in [0.3, 0.4) is 0 Å². The average Bonchev–Trinajstić information content (AvgIpc) is 2.40. The topological polar surface area (TPSA) is 63.8 Å². The molecule has 0 spiro atoms. The molecule has 110 valence electrons. The summed E-state index contributed by atoms with van der Waals surface area (Å²) in [7, 11) is 0. The molecule has 21 heavy (non-hydrogen) atoms. The third-order valence-electron chi connectivity index (χ3n) is 2.53. The Bertz CT molecular complexity index is 690. The maximum atomic E-state index is 12.7. The molecule has 0 unspecified atom stereocenters. The molecule has 0 aliphatic rings. The van der Waals surface area contributed by atoms with Gasteiger partial charge in [-0.2, -0.15) is 18.3 Å². The van der Waals surface area contributed by atoms with E-state index >= 15 is 0 Å². The van der Waals surface area contributed by atoms with E-state index < -0.39 is 11.7 Å². The molecule has 0 aliphatic heterocycles. The van der Waals surface area contributed by atoms with Gasteiger partial charge in [0.05, 0.1) is 23.0 Å². The predicted molar refractivity (Wildman–Crippen MR) is 80.3 cm³/mol. The van der Waals surface area contributed by atoms with Gasteiger partial charge in [0, 0.05) is 4.47 Å². The Labute approximate surface area is 131 Å². The van der Waals surface area contributed by atoms with Gasteiger partial charge in [0.25, 0.3) is 0 Å². The van der Waals surface area contributed by atoms with E-state index in [9.17, 15) is 13.2 Å². The number of halogens is 4. The van der Waals surface area contributed by atoms with Crippen molar-refractivity contribution in [3.05, 3.63) is 46.1 Å². The van der Waals surface area contributed by atoms with Crippen molar-refractivity contribution in [2.45, 2.75) is 6.18 Å². The fourth-order valence-corrected chi connectivity index (χ4v) is 2.06. The van der Waals surface area contributed by atoms with E-state index in [0.29, 0.717) is 10.0 Å². The lowest BCUT2D eigenvalue weighted by atomic mass is 10.2. The highest BCUT2D eigenvalue weighted by molar-refractivity contribution is 9.10. The number of thiocarbonyl (C=S) groups is 1. The maximum Gasteiger partial charge on any atom is 0.416 e. The number of aromatic nitrogens is 2. The van der Waals surface area contributed by atoms with Crippen molar-refractivity contribution in [3.63, 3.8) is 0 Å². The second-order valence-corrected chi connectivity index (χ2v) is 5.27. The van der Waals surface area contributed by atoms with Crippen LogP contribution >= 0.6 is 28.1 Å². The number of benzene rings is 1. The van der Waals surface area contributed by atoms with Gasteiger partial charge in [-0.3, -0.25) is 0 Å². The fraction of sp³-hybridized carbons (Fsp3) is 0.0833. The molecule has 2 rings (SSSR count). The largest absolute Gasteiger partial charge is 0.416 e. The first-order chi connectivity index (χ1) is 9.79. The van der Waals surface area contributed by atoms with E-state index in [1.54, 1.807) is 0 Å². The zero-order chi connectivity index (χ0) is 15.6. The number of rotatable bonds is 3. The molecule has 2 aromatic rings. The molecule has 0 bridgehead atoms. The summed E-state index contributed by atoms with van der Waals surface area (Å²) in [6, 6.07) is 4.75. The lowest BCUT2D eigenvalue weighted by Crippen LogP contribution is -2.14. The second kappa shape index (κ2) is 5.94. The van der Waals surface area contributed by atoms with E-state index in [-0.39, 0.29) is 16.5 Å². The Morgan fingerprint density at radius 1 is 1.29 bits per heavy atom. The second-order valence-electron chi connectivity index (χ2n) is 3.98. The van der Waals surface area contributed by atoms with Gasteiger partial charge >= 0.3 is 6.18 Å². The molecule has 0 atom stereocenters. The quantitative estimate of drug-likeness (QED) is 0.800. The Balaban J connectivity index is 2.43. The first-order valence-electron chi connectivity index (χ1n) is 5.54. The molecule has 9 heteroatoms. The lowest BCUT2D eigenvalue weighted by Gasteiger charge is -2.13. The summed E-state index contributed by atoms with van der Waals surface area (Å²) in [6.45, 7) is 0. The molecule has 1 heterocycles. The number of nitrogens with one attached hydrogen (secondary N) is 1. The molecule has 1 aromatic carbocycles. The van der Waals surface area contributed by atoms with Crippen molar-refractivity contribution < 1.29 is 13.2 Å². The normalized spacial score (nSPS) is 11.2. The zero-order valence-corrected chi connectivity index (χ0v) is 12.7. The Morgan fingerprint density at radius 2 is 2.00 bits per heavy atom. The standard InChI is InChI=1S/C12H8BrF3N4S/c13-8-2-1-6(12(14,15)16)5-9(8)19-11-7(10(17)21)3-4-18-20-11/h1-5H,(H2,17,21)(H,19,20). The van der Waals surface area contributed by atoms with Crippen LogP contribution in [0.15, 0.2) is 34.9 Å². The molecule has 0 aliphatic carbocycles. The van der Waals surface area contributed by atoms with Crippen molar-refractivity contribution >= 4 is 44.6 Å². The van der Waals surface area contributed by atoms with Gasteiger partial charge in [0.1, 0.15) is 4.99 Å². The van der Waals surface area contributed by atoms with Crippen molar-refractivity contribution in [2.24, 2.45) is 5.73 Å². The van der Waals surface area contributed by atoms with Gasteiger partial charge in [0.2, 0.25) is 0 Å². The molecule has 1 aromatic heterocycles. The summed E-state index contributed by atoms with van der Waals surface area (Å²) in [4.78, 5) is 0.0653. The van der Waals surface area contributed by atoms with Crippen LogP contribution in [0.25, 0.3) is 0 Å². The van der Waals surface area contributed by atoms with Gasteiger partial charge in [-0.1, -0.05) is 12.2 Å². The van der Waals surface area contributed by atoms with Crippen LogP contribution in [0.1, 0.15) is 11.1 Å². The smallest absolute Gasteiger partial charge is 0.389 e. The first-order valence-corrected chi connectivity index (χ1v) is 6.74. The molecule has 3 N–H and O–H groups in total. The van der Waals surface area contributed by atoms with E-state index in [0.717, 1.165) is 12.1 Å². The number of hydrogen-bond donors (Lipinski definition) is 2. The minimum absolute atomic E-state index is 0.0653. The van der Waals surface area contributed by atoms with Crippen molar-refractivity contribution in [1.29, 1.82) is 0 Å². The number of nitrogens with zero attached hydrogens (tertiary/aromatic N) is 2. The number of nitrogens with two attached hydrogens (primary N) is 1. The molecule has 4 nitrogen and oxygen atoms in total. The van der Waals surface area contributed by atoms with Gasteiger partial charge in [-0.05, 0) is 40.2 Å². The maximum absolute atomic E-state index is 12.7. The summed E-state index contributed by atoms with van der Waals surface area (Å²) in [5, 5.41) is 10.2. The fourth-order valence-electron chi connectivity index (χ4n) is 1.55. The molecule has 0 fully saturated rings. The van der Waals surface area contributed by atoms with Crippen molar-refractivity contribution in [2.75, 3.05) is 5.32 Å². The summed E-state index contributed by atoms with van der Waals surface area (Å²) in [5.41, 5.74) is 5.33. The molecule has 0 saturated heterocycles. The van der Waals surface area contributed by atoms with Crippen LogP contribution in [-0.4, -0.2) is 15.2 Å². The number of anilines is 2. The van der Waals surface area contributed by atoms with Gasteiger partial charge in [-0.15, -0.1) is 5.10 Å². The minimum atomic E-state index is -4.44. The average molecular weight is 377 g/mol. The third-order valence-corrected chi connectivity index (χ3v) is 3.44. The van der Waals surface area contributed by atoms with E-state index in [1.807, 2.05) is 0 Å². The molecular weight excluding hydrogens is 369 g/mol. The third kappa shape index (κ3) is 3.67. The van der Waals surface area contributed by atoms with E-state index in [2.05, 4.69) is 31.4 Å². The summed E-state index contributed by atoms with van der Waals surface area (Å²) in [5.74, 6) is 0.185. The monoisotopic (exact) mass is 376 g/mol. The van der Waals surface area contributed by atoms with Crippen LogP contribution in [0.2, 0.25) is 0 Å². The molecule has 0 saturated carbocycles. The number of hydrogen-bond acceptors (Lipinski definition) is 4. The summed E-state index contributed by atoms with van der Waals surface area (Å²) >= 11 is 8.04. The van der Waals surface area contributed by atoms with Crippen molar-refractivity contribution in [1.82, 2.24) is 10.2 Å². The highest BCUT2D eigenvalue weighted by Crippen LogP contribution is 2.35. The molecular formula is C12H8BrF3N4S. The van der Waals surface area contributed by atoms with Crippen molar-refractivity contribution in [3.8, 4) is 0 Å². The van der Waals surface area contributed by atoms with E-state index in [4.69, 9.17) is 18.0 Å². The summed E-state index contributed by atoms with van der Waals surface area (Å²) in [6.07, 6.45) is -3.05. The lowest BCUT2D eigenvalue weighted by molar-refractivity contribution is -0.137. The Morgan fingerprint density at radius 3 is 2.62 bits per heavy atom. The highest BCUT2D eigenvalue weighted by Gasteiger charge is 2.31. The zero-order valence-electron chi connectivity index (χ0n) is 10.3. The first kappa shape index (κ1) is 15.6. The van der Waals surface area contributed by atoms with Gasteiger partial charge in [0.15, 0.2) is 5.82 Å². The minimum Gasteiger partial charge on any atom is -0.389 e. The Kier molecular flexibility index (Phi) is 4.43. The highest BCUT2D eigenvalue weighted by atomic mass is 79.9. The van der Waals surface area contributed by atoms with Gasteiger partial charge in [-0.25, -0.2) is 0 Å². The number of alkyl halides is 3.